The molecule has 0 bridgehead atoms. The van der Waals surface area contributed by atoms with E-state index in [0.29, 0.717) is 36.5 Å². The van der Waals surface area contributed by atoms with Gasteiger partial charge in [0.15, 0.2) is 5.82 Å². The highest BCUT2D eigenvalue weighted by Gasteiger charge is 2.50. The van der Waals surface area contributed by atoms with Gasteiger partial charge in [-0.2, -0.15) is 9.97 Å². The molecule has 2 aromatic carbocycles. The van der Waals surface area contributed by atoms with Crippen LogP contribution in [0.3, 0.4) is 0 Å². The van der Waals surface area contributed by atoms with Crippen molar-refractivity contribution in [2.75, 3.05) is 37.7 Å². The number of hydrogen-bond donors (Lipinski definition) is 1. The Balaban J connectivity index is 1.31. The Morgan fingerprint density at radius 3 is 2.73 bits per heavy atom. The standard InChI is InChI=1S/C35H40FN5O4/c1-2-23-9-7-10-24-17-26(43)18-27(29(23)24)31-30(36)32-28(19-37-31)33(40-14-5-3-4-6-15-40)39-34(38-32)45-21-35-12-8-16-41(35)25(11-13-35)20-44-22-42/h7,9-10,17-19,22,25,43H,2-6,8,11-16,20-21H2,1H3/t25-,35+/m0/s1. The highest BCUT2D eigenvalue weighted by molar-refractivity contribution is 6.01. The van der Waals surface area contributed by atoms with Crippen LogP contribution in [-0.2, 0) is 16.0 Å². The van der Waals surface area contributed by atoms with Crippen LogP contribution in [0.25, 0.3) is 32.9 Å². The highest BCUT2D eigenvalue weighted by atomic mass is 19.1. The first-order valence-corrected chi connectivity index (χ1v) is 16.3. The van der Waals surface area contributed by atoms with Gasteiger partial charge in [0.2, 0.25) is 0 Å². The average molecular weight is 614 g/mol. The van der Waals surface area contributed by atoms with E-state index < -0.39 is 5.82 Å². The number of anilines is 1. The Morgan fingerprint density at radius 1 is 1.09 bits per heavy atom. The summed E-state index contributed by atoms with van der Waals surface area (Å²) in [5.41, 5.74) is 1.71. The molecule has 1 N–H and O–H groups in total. The summed E-state index contributed by atoms with van der Waals surface area (Å²) >= 11 is 0. The van der Waals surface area contributed by atoms with Crippen molar-refractivity contribution < 1.29 is 23.8 Å². The van der Waals surface area contributed by atoms with Gasteiger partial charge in [0.25, 0.3) is 6.47 Å². The molecule has 0 aliphatic carbocycles. The van der Waals surface area contributed by atoms with Gasteiger partial charge in [-0.15, -0.1) is 0 Å². The number of rotatable bonds is 9. The molecule has 2 aromatic heterocycles. The molecular weight excluding hydrogens is 573 g/mol. The lowest BCUT2D eigenvalue weighted by molar-refractivity contribution is -0.130. The number of pyridine rings is 1. The van der Waals surface area contributed by atoms with Crippen molar-refractivity contribution in [2.24, 2.45) is 0 Å². The van der Waals surface area contributed by atoms with Gasteiger partial charge in [-0.05, 0) is 80.0 Å². The second-order valence-electron chi connectivity index (χ2n) is 12.7. The van der Waals surface area contributed by atoms with Crippen molar-refractivity contribution in [1.29, 1.82) is 0 Å². The van der Waals surface area contributed by atoms with Crippen molar-refractivity contribution in [3.05, 3.63) is 47.9 Å². The SMILES string of the molecule is CCc1cccc2cc(O)cc(-c3ncc4c(N5CCCCCC5)nc(OC[C@]56CCCN5[C@H](COC=O)CC6)nc4c3F)c12. The van der Waals surface area contributed by atoms with Crippen LogP contribution >= 0.6 is 0 Å². The van der Waals surface area contributed by atoms with Gasteiger partial charge in [-0.1, -0.05) is 38.0 Å². The van der Waals surface area contributed by atoms with Gasteiger partial charge < -0.3 is 19.5 Å². The smallest absolute Gasteiger partial charge is 0.319 e. The number of hydrogen-bond acceptors (Lipinski definition) is 9. The quantitative estimate of drug-likeness (QED) is 0.222. The van der Waals surface area contributed by atoms with Crippen molar-refractivity contribution in [1.82, 2.24) is 19.9 Å². The van der Waals surface area contributed by atoms with Gasteiger partial charge >= 0.3 is 6.01 Å². The molecule has 45 heavy (non-hydrogen) atoms. The van der Waals surface area contributed by atoms with Crippen molar-refractivity contribution in [2.45, 2.75) is 76.3 Å². The zero-order valence-corrected chi connectivity index (χ0v) is 25.8. The molecule has 7 rings (SSSR count). The first-order chi connectivity index (χ1) is 22.0. The lowest BCUT2D eigenvalue weighted by Gasteiger charge is -2.34. The lowest BCUT2D eigenvalue weighted by atomic mass is 9.95. The number of aryl methyl sites for hydroxylation is 1. The summed E-state index contributed by atoms with van der Waals surface area (Å²) in [6.45, 7) is 5.90. The Morgan fingerprint density at radius 2 is 1.93 bits per heavy atom. The third-order valence-corrected chi connectivity index (χ3v) is 10.1. The molecule has 9 nitrogen and oxygen atoms in total. The van der Waals surface area contributed by atoms with Gasteiger partial charge in [0, 0.05) is 30.9 Å². The predicted molar refractivity (Wildman–Crippen MR) is 171 cm³/mol. The van der Waals surface area contributed by atoms with E-state index in [2.05, 4.69) is 21.7 Å². The van der Waals surface area contributed by atoms with E-state index in [0.717, 1.165) is 93.8 Å². The lowest BCUT2D eigenvalue weighted by Crippen LogP contribution is -2.47. The first-order valence-electron chi connectivity index (χ1n) is 16.3. The minimum Gasteiger partial charge on any atom is -0.508 e. The van der Waals surface area contributed by atoms with E-state index in [9.17, 15) is 9.90 Å². The number of phenols is 1. The molecule has 236 valence electrons. The van der Waals surface area contributed by atoms with Crippen LogP contribution in [0.15, 0.2) is 36.5 Å². The predicted octanol–water partition coefficient (Wildman–Crippen LogP) is 6.18. The molecule has 0 unspecified atom stereocenters. The Hall–Kier alpha value is -4.05. The van der Waals surface area contributed by atoms with E-state index in [-0.39, 0.29) is 34.6 Å². The van der Waals surface area contributed by atoms with E-state index in [1.54, 1.807) is 18.3 Å². The van der Waals surface area contributed by atoms with Crippen LogP contribution in [0.2, 0.25) is 0 Å². The normalized spacial score (nSPS) is 22.1. The van der Waals surface area contributed by atoms with Crippen LogP contribution in [0.1, 0.15) is 63.9 Å². The zero-order valence-electron chi connectivity index (χ0n) is 25.8. The maximum Gasteiger partial charge on any atom is 0.319 e. The highest BCUT2D eigenvalue weighted by Crippen LogP contribution is 2.43. The molecular formula is C35H40FN5O4. The first kappa shape index (κ1) is 29.6. The molecule has 10 heteroatoms. The largest absolute Gasteiger partial charge is 0.508 e. The van der Waals surface area contributed by atoms with Crippen LogP contribution in [0.4, 0.5) is 10.2 Å². The molecule has 3 aliphatic rings. The Kier molecular flexibility index (Phi) is 8.16. The number of aromatic hydroxyl groups is 1. The van der Waals surface area contributed by atoms with Crippen molar-refractivity contribution in [3.63, 3.8) is 0 Å². The van der Waals surface area contributed by atoms with Crippen LogP contribution < -0.4 is 9.64 Å². The Labute approximate surface area is 262 Å². The van der Waals surface area contributed by atoms with E-state index in [4.69, 9.17) is 19.4 Å². The number of halogens is 1. The minimum absolute atomic E-state index is 0.0535. The van der Waals surface area contributed by atoms with Gasteiger partial charge in [-0.25, -0.2) is 4.39 Å². The zero-order chi connectivity index (χ0) is 31.0. The molecule has 3 fully saturated rings. The monoisotopic (exact) mass is 613 g/mol. The summed E-state index contributed by atoms with van der Waals surface area (Å²) in [7, 11) is 0. The summed E-state index contributed by atoms with van der Waals surface area (Å²) in [6.07, 6.45) is 10.7. The van der Waals surface area contributed by atoms with E-state index >= 15 is 4.39 Å². The summed E-state index contributed by atoms with van der Waals surface area (Å²) in [5, 5.41) is 12.9. The van der Waals surface area contributed by atoms with Crippen LogP contribution in [0.5, 0.6) is 11.8 Å². The molecule has 2 atom stereocenters. The van der Waals surface area contributed by atoms with E-state index in [1.807, 2.05) is 18.2 Å². The van der Waals surface area contributed by atoms with Crippen LogP contribution in [-0.4, -0.2) is 75.9 Å². The number of nitrogens with zero attached hydrogens (tertiary/aromatic N) is 5. The molecule has 5 heterocycles. The van der Waals surface area contributed by atoms with Gasteiger partial charge in [-0.3, -0.25) is 14.7 Å². The van der Waals surface area contributed by atoms with Crippen molar-refractivity contribution >= 4 is 34.0 Å². The van der Waals surface area contributed by atoms with E-state index in [1.165, 1.54) is 0 Å². The number of phenolic OH excluding ortho intramolecular Hbond substituents is 1. The number of carbonyl (C=O) groups is 1. The summed E-state index contributed by atoms with van der Waals surface area (Å²) in [4.78, 5) is 29.7. The van der Waals surface area contributed by atoms with Gasteiger partial charge in [0.1, 0.15) is 36.0 Å². The summed E-state index contributed by atoms with van der Waals surface area (Å²) in [6, 6.07) is 9.51. The minimum atomic E-state index is -0.554. The van der Waals surface area contributed by atoms with Crippen molar-refractivity contribution in [3.8, 4) is 23.0 Å². The molecule has 0 spiro atoms. The Bertz CT molecular complexity index is 1730. The van der Waals surface area contributed by atoms with Gasteiger partial charge in [0.05, 0.1) is 10.9 Å². The molecule has 3 aliphatic heterocycles. The second kappa shape index (κ2) is 12.4. The fourth-order valence-corrected chi connectivity index (χ4v) is 7.91. The number of ether oxygens (including phenoxy) is 2. The third kappa shape index (κ3) is 5.43. The number of carbonyl (C=O) groups excluding carboxylic acids is 1. The summed E-state index contributed by atoms with van der Waals surface area (Å²) in [5.74, 6) is 0.147. The molecule has 0 saturated carbocycles. The third-order valence-electron chi connectivity index (χ3n) is 10.1. The molecule has 3 saturated heterocycles. The fraction of sp³-hybridized carbons (Fsp3) is 0.486. The summed E-state index contributed by atoms with van der Waals surface area (Å²) < 4.78 is 28.4. The number of aromatic nitrogens is 3. The topological polar surface area (TPSA) is 101 Å². The average Bonchev–Trinajstić information content (AvgIpc) is 3.49. The fourth-order valence-electron chi connectivity index (χ4n) is 7.91. The molecule has 0 amide bonds. The van der Waals surface area contributed by atoms with Crippen LogP contribution in [0, 0.1) is 5.82 Å². The number of benzene rings is 2. The molecule has 0 radical (unpaired) electrons. The molecule has 4 aromatic rings. The second-order valence-corrected chi connectivity index (χ2v) is 12.7. The number of fused-ring (bicyclic) bond motifs is 3. The maximum absolute atomic E-state index is 16.8. The maximum atomic E-state index is 16.8.